The zero-order valence-corrected chi connectivity index (χ0v) is 19.0. The molecule has 1 aliphatic rings. The van der Waals surface area contributed by atoms with Gasteiger partial charge in [0.2, 0.25) is 0 Å². The summed E-state index contributed by atoms with van der Waals surface area (Å²) in [5, 5.41) is 8.89. The SMILES string of the molecule is C#Cc1ccc(COc2ccc(C(C)=C3C=CC(=[O+]Cc4ccc(C#N)cc4)C=C3)cc2)cc1. The number of hydrogen-bond acceptors (Lipinski definition) is 2. The molecule has 0 N–H and O–H groups in total. The molecule has 164 valence electrons. The van der Waals surface area contributed by atoms with Crippen LogP contribution in [0.25, 0.3) is 5.57 Å². The summed E-state index contributed by atoms with van der Waals surface area (Å²) in [6.45, 7) is 3.07. The monoisotopic (exact) mass is 442 g/mol. The Morgan fingerprint density at radius 3 is 2.06 bits per heavy atom. The Morgan fingerprint density at radius 2 is 1.44 bits per heavy atom. The summed E-state index contributed by atoms with van der Waals surface area (Å²) < 4.78 is 11.8. The lowest BCUT2D eigenvalue weighted by atomic mass is 9.98. The van der Waals surface area contributed by atoms with Gasteiger partial charge in [0.15, 0.2) is 0 Å². The van der Waals surface area contributed by atoms with Crippen molar-refractivity contribution in [3.63, 3.8) is 0 Å². The van der Waals surface area contributed by atoms with Crippen molar-refractivity contribution in [1.29, 1.82) is 5.26 Å². The molecule has 0 aliphatic heterocycles. The van der Waals surface area contributed by atoms with Crippen molar-refractivity contribution in [2.45, 2.75) is 20.1 Å². The molecule has 0 bridgehead atoms. The van der Waals surface area contributed by atoms with Gasteiger partial charge in [0, 0.05) is 23.3 Å². The smallest absolute Gasteiger partial charge is 0.344 e. The third-order valence-electron chi connectivity index (χ3n) is 5.59. The minimum absolute atomic E-state index is 0.462. The fourth-order valence-electron chi connectivity index (χ4n) is 3.48. The van der Waals surface area contributed by atoms with Crippen molar-refractivity contribution < 1.29 is 9.16 Å². The summed E-state index contributed by atoms with van der Waals surface area (Å²) in [7, 11) is 0. The summed E-state index contributed by atoms with van der Waals surface area (Å²) in [5.41, 5.74) is 7.06. The zero-order chi connectivity index (χ0) is 23.8. The Hall–Kier alpha value is -4.60. The number of ketones is 1. The van der Waals surface area contributed by atoms with E-state index < -0.39 is 0 Å². The quantitative estimate of drug-likeness (QED) is 0.331. The number of benzene rings is 3. The second kappa shape index (κ2) is 10.8. The highest BCUT2D eigenvalue weighted by molar-refractivity contribution is 6.02. The molecule has 0 unspecified atom stereocenters. The Morgan fingerprint density at radius 1 is 0.824 bits per heavy atom. The third kappa shape index (κ3) is 5.80. The van der Waals surface area contributed by atoms with Crippen LogP contribution in [0, 0.1) is 23.7 Å². The topological polar surface area (TPSA) is 44.3 Å². The molecule has 0 amide bonds. The number of rotatable bonds is 6. The highest BCUT2D eigenvalue weighted by atomic mass is 16.5. The summed E-state index contributed by atoms with van der Waals surface area (Å²) in [6.07, 6.45) is 13.5. The van der Waals surface area contributed by atoms with E-state index in [0.29, 0.717) is 18.8 Å². The van der Waals surface area contributed by atoms with Gasteiger partial charge in [0.25, 0.3) is 6.61 Å². The van der Waals surface area contributed by atoms with E-state index in [0.717, 1.165) is 39.4 Å². The maximum Gasteiger partial charge on any atom is 0.344 e. The van der Waals surface area contributed by atoms with Crippen LogP contribution in [0.15, 0.2) is 103 Å². The van der Waals surface area contributed by atoms with Crippen LogP contribution in [0.2, 0.25) is 0 Å². The number of hydrogen-bond donors (Lipinski definition) is 0. The fraction of sp³-hybridized carbons (Fsp3) is 0.0968. The lowest BCUT2D eigenvalue weighted by Gasteiger charge is -2.10. The Labute approximate surface area is 200 Å². The van der Waals surface area contributed by atoms with Gasteiger partial charge in [-0.1, -0.05) is 30.2 Å². The molecule has 0 heterocycles. The molecule has 4 rings (SSSR count). The third-order valence-corrected chi connectivity index (χ3v) is 5.59. The number of nitrogens with zero attached hydrogens (tertiary/aromatic N) is 1. The van der Waals surface area contributed by atoms with Gasteiger partial charge in [-0.05, 0) is 89.9 Å². The molecule has 3 aromatic rings. The van der Waals surface area contributed by atoms with Crippen molar-refractivity contribution in [3.05, 3.63) is 130 Å². The van der Waals surface area contributed by atoms with Crippen LogP contribution in [-0.4, -0.2) is 5.78 Å². The number of terminal acetylenes is 1. The molecule has 0 atom stereocenters. The first kappa shape index (κ1) is 22.6. The van der Waals surface area contributed by atoms with Crippen LogP contribution in [0.3, 0.4) is 0 Å². The summed E-state index contributed by atoms with van der Waals surface area (Å²) in [5.74, 6) is 4.25. The summed E-state index contributed by atoms with van der Waals surface area (Å²) in [6, 6.07) is 25.5. The fourth-order valence-corrected chi connectivity index (χ4v) is 3.48. The van der Waals surface area contributed by atoms with E-state index in [4.69, 9.17) is 20.8 Å². The van der Waals surface area contributed by atoms with Gasteiger partial charge >= 0.3 is 5.78 Å². The van der Waals surface area contributed by atoms with Crippen molar-refractivity contribution in [3.8, 4) is 24.2 Å². The number of nitriles is 1. The van der Waals surface area contributed by atoms with Crippen molar-refractivity contribution >= 4 is 11.4 Å². The predicted molar refractivity (Wildman–Crippen MR) is 136 cm³/mol. The van der Waals surface area contributed by atoms with E-state index in [1.165, 1.54) is 5.57 Å². The van der Waals surface area contributed by atoms with E-state index in [-0.39, 0.29) is 0 Å². The number of allylic oxidation sites excluding steroid dienone is 6. The normalized spacial score (nSPS) is 12.1. The molecule has 0 saturated carbocycles. The molecule has 3 heteroatoms. The molecular formula is C31H24NO2+. The van der Waals surface area contributed by atoms with Gasteiger partial charge in [-0.15, -0.1) is 6.42 Å². The molecule has 0 fully saturated rings. The maximum absolute atomic E-state index is 8.89. The molecule has 0 saturated heterocycles. The first-order valence-corrected chi connectivity index (χ1v) is 11.0. The van der Waals surface area contributed by atoms with Gasteiger partial charge in [0.05, 0.1) is 11.6 Å². The lowest BCUT2D eigenvalue weighted by Crippen LogP contribution is -2.00. The van der Waals surface area contributed by atoms with Crippen LogP contribution in [0.4, 0.5) is 0 Å². The minimum Gasteiger partial charge on any atom is -0.489 e. The highest BCUT2D eigenvalue weighted by Gasteiger charge is 2.11. The van der Waals surface area contributed by atoms with E-state index >= 15 is 0 Å². The highest BCUT2D eigenvalue weighted by Crippen LogP contribution is 2.24. The average molecular weight is 443 g/mol. The lowest BCUT2D eigenvalue weighted by molar-refractivity contribution is -0.473. The van der Waals surface area contributed by atoms with Gasteiger partial charge in [-0.25, -0.2) is 4.42 Å². The first-order valence-electron chi connectivity index (χ1n) is 11.0. The van der Waals surface area contributed by atoms with E-state index in [1.807, 2.05) is 60.7 Å². The van der Waals surface area contributed by atoms with Gasteiger partial charge < -0.3 is 4.74 Å². The Balaban J connectivity index is 1.36. The maximum atomic E-state index is 8.89. The van der Waals surface area contributed by atoms with Crippen LogP contribution >= 0.6 is 0 Å². The molecule has 1 aliphatic carbocycles. The second-order valence-corrected chi connectivity index (χ2v) is 7.90. The van der Waals surface area contributed by atoms with E-state index in [2.05, 4.69) is 43.2 Å². The van der Waals surface area contributed by atoms with Crippen LogP contribution in [-0.2, 0) is 17.6 Å². The predicted octanol–water partition coefficient (Wildman–Crippen LogP) is 6.32. The van der Waals surface area contributed by atoms with Gasteiger partial charge in [-0.2, -0.15) is 5.26 Å². The summed E-state index contributed by atoms with van der Waals surface area (Å²) >= 11 is 0. The molecule has 3 nitrogen and oxygen atoms in total. The van der Waals surface area contributed by atoms with Crippen LogP contribution in [0.5, 0.6) is 5.75 Å². The largest absolute Gasteiger partial charge is 0.489 e. The van der Waals surface area contributed by atoms with E-state index in [9.17, 15) is 0 Å². The molecular weight excluding hydrogens is 418 g/mol. The molecule has 0 aromatic heterocycles. The molecule has 0 spiro atoms. The Kier molecular flexibility index (Phi) is 7.19. The first-order chi connectivity index (χ1) is 16.6. The van der Waals surface area contributed by atoms with Crippen molar-refractivity contribution in [2.75, 3.05) is 0 Å². The second-order valence-electron chi connectivity index (χ2n) is 7.90. The number of ether oxygens (including phenoxy) is 1. The average Bonchev–Trinajstić information content (AvgIpc) is 2.91. The Bertz CT molecular complexity index is 1340. The van der Waals surface area contributed by atoms with E-state index in [1.54, 1.807) is 12.1 Å². The van der Waals surface area contributed by atoms with Gasteiger partial charge in [-0.3, -0.25) is 0 Å². The molecule has 0 radical (unpaired) electrons. The van der Waals surface area contributed by atoms with Crippen LogP contribution < -0.4 is 4.74 Å². The minimum atomic E-state index is 0.462. The van der Waals surface area contributed by atoms with Gasteiger partial charge in [0.1, 0.15) is 12.4 Å². The van der Waals surface area contributed by atoms with Crippen molar-refractivity contribution in [2.24, 2.45) is 0 Å². The van der Waals surface area contributed by atoms with Crippen LogP contribution in [0.1, 0.15) is 34.7 Å². The summed E-state index contributed by atoms with van der Waals surface area (Å²) in [4.78, 5) is 0. The number of carbonyl (C=O) groups excluding carboxylic acids is 1. The molecule has 3 aromatic carbocycles. The zero-order valence-electron chi connectivity index (χ0n) is 19.0. The standard InChI is InChI=1S/C31H24NO2/c1-3-24-4-8-26(9-5-24)21-33-30-16-12-28(13-17-30)23(2)29-14-18-31(19-15-29)34-22-27-10-6-25(20-32)7-11-27/h1,4-19H,21-22H2,2H3/q+1. The van der Waals surface area contributed by atoms with Crippen molar-refractivity contribution in [1.82, 2.24) is 0 Å². The molecule has 34 heavy (non-hydrogen) atoms.